The topological polar surface area (TPSA) is 41.0 Å². The number of nitrogens with zero attached hydrogens (tertiary/aromatic N) is 2. The summed E-state index contributed by atoms with van der Waals surface area (Å²) in [6.45, 7) is 3.65. The van der Waals surface area contributed by atoms with E-state index >= 15 is 0 Å². The second-order valence-electron chi connectivity index (χ2n) is 6.92. The fraction of sp³-hybridized carbons (Fsp3) is 0.588. The minimum atomic E-state index is -2.48. The van der Waals surface area contributed by atoms with Gasteiger partial charge in [-0.15, -0.1) is 0 Å². The van der Waals surface area contributed by atoms with Crippen molar-refractivity contribution < 1.29 is 8.78 Å². The maximum Gasteiger partial charge on any atom is 0.326 e. The molecule has 0 radical (unpaired) electrons. The fourth-order valence-electron chi connectivity index (χ4n) is 3.92. The molecule has 4 rings (SSSR count). The number of alkyl halides is 2. The van der Waals surface area contributed by atoms with E-state index in [0.29, 0.717) is 6.54 Å². The number of imidazole rings is 1. The van der Waals surface area contributed by atoms with Gasteiger partial charge >= 0.3 is 5.69 Å². The van der Waals surface area contributed by atoms with Gasteiger partial charge in [0.25, 0.3) is 5.92 Å². The minimum absolute atomic E-state index is 0.0769. The zero-order valence-corrected chi connectivity index (χ0v) is 13.1. The van der Waals surface area contributed by atoms with Gasteiger partial charge < -0.3 is 9.88 Å². The number of rotatable bonds is 3. The number of hydrogen-bond donors (Lipinski definition) is 1. The van der Waals surface area contributed by atoms with Gasteiger partial charge in [0.2, 0.25) is 0 Å². The molecule has 1 N–H and O–H groups in total. The lowest BCUT2D eigenvalue weighted by Gasteiger charge is -2.32. The lowest BCUT2D eigenvalue weighted by atomic mass is 10.0. The molecule has 2 fully saturated rings. The number of halogens is 2. The van der Waals surface area contributed by atoms with Gasteiger partial charge in [-0.05, 0) is 25.0 Å². The Morgan fingerprint density at radius 1 is 1.26 bits per heavy atom. The Labute approximate surface area is 133 Å². The van der Waals surface area contributed by atoms with Crippen molar-refractivity contribution in [3.8, 4) is 0 Å². The van der Waals surface area contributed by atoms with Crippen molar-refractivity contribution >= 4 is 11.0 Å². The van der Waals surface area contributed by atoms with Crippen molar-refractivity contribution in [2.45, 2.75) is 31.7 Å². The molecule has 4 nitrogen and oxygen atoms in total. The first-order valence-electron chi connectivity index (χ1n) is 8.28. The Morgan fingerprint density at radius 2 is 1.91 bits per heavy atom. The molecule has 1 aromatic carbocycles. The molecule has 0 amide bonds. The van der Waals surface area contributed by atoms with E-state index in [2.05, 4.69) is 9.88 Å². The first-order chi connectivity index (χ1) is 11.0. The van der Waals surface area contributed by atoms with Crippen LogP contribution in [-0.4, -0.2) is 40.0 Å². The van der Waals surface area contributed by atoms with Crippen molar-refractivity contribution in [3.63, 3.8) is 0 Å². The van der Waals surface area contributed by atoms with Gasteiger partial charge in [-0.2, -0.15) is 0 Å². The summed E-state index contributed by atoms with van der Waals surface area (Å²) in [5.41, 5.74) is 1.71. The molecule has 2 aromatic rings. The van der Waals surface area contributed by atoms with E-state index in [1.807, 2.05) is 28.8 Å². The molecule has 2 aliphatic rings. The Bertz CT molecular complexity index is 773. The van der Waals surface area contributed by atoms with Gasteiger partial charge in [-0.1, -0.05) is 19.1 Å². The Morgan fingerprint density at radius 3 is 2.57 bits per heavy atom. The summed E-state index contributed by atoms with van der Waals surface area (Å²) < 4.78 is 28.6. The number of likely N-dealkylation sites (tertiary alicyclic amines) is 1. The molecule has 2 heterocycles. The normalized spacial score (nSPS) is 28.3. The van der Waals surface area contributed by atoms with Crippen molar-refractivity contribution in [2.24, 2.45) is 11.8 Å². The molecule has 1 aromatic heterocycles. The highest BCUT2D eigenvalue weighted by atomic mass is 19.3. The number of aromatic amines is 1. The van der Waals surface area contributed by atoms with Crippen molar-refractivity contribution in [1.29, 1.82) is 0 Å². The number of para-hydroxylation sites is 2. The van der Waals surface area contributed by atoms with Crippen LogP contribution >= 0.6 is 0 Å². The molecule has 1 aliphatic carbocycles. The maximum absolute atomic E-state index is 13.4. The van der Waals surface area contributed by atoms with Crippen molar-refractivity contribution in [2.75, 3.05) is 19.6 Å². The highest BCUT2D eigenvalue weighted by Crippen LogP contribution is 2.55. The van der Waals surface area contributed by atoms with Gasteiger partial charge in [-0.3, -0.25) is 4.57 Å². The van der Waals surface area contributed by atoms with Crippen molar-refractivity contribution in [3.05, 3.63) is 34.7 Å². The summed E-state index contributed by atoms with van der Waals surface area (Å²) >= 11 is 0. The third-order valence-electron chi connectivity index (χ3n) is 5.60. The summed E-state index contributed by atoms with van der Waals surface area (Å²) in [5.74, 6) is -3.46. The first kappa shape index (κ1) is 14.9. The monoisotopic (exact) mass is 321 g/mol. The van der Waals surface area contributed by atoms with Crippen LogP contribution in [0.1, 0.15) is 25.8 Å². The molecule has 23 heavy (non-hydrogen) atoms. The molecular formula is C17H21F2N3O. The number of benzene rings is 1. The molecule has 0 spiro atoms. The third kappa shape index (κ3) is 2.40. The number of H-pyrrole nitrogens is 1. The number of aromatic nitrogens is 2. The molecule has 124 valence electrons. The highest BCUT2D eigenvalue weighted by Gasteiger charge is 2.65. The van der Waals surface area contributed by atoms with Crippen LogP contribution in [0.15, 0.2) is 29.1 Å². The van der Waals surface area contributed by atoms with E-state index in [1.54, 1.807) is 6.92 Å². The standard InChI is InChI=1S/C17H21F2N3O/c1-11-13(17(11,18)19)10-21-8-6-12(7-9-21)22-15-5-3-2-4-14(15)20-16(22)23/h2-5,11-13H,6-10H2,1H3,(H,20,23)/t11-,13-/m0/s1. The first-order valence-corrected chi connectivity index (χ1v) is 8.28. The van der Waals surface area contributed by atoms with Crippen LogP contribution in [0.2, 0.25) is 0 Å². The van der Waals surface area contributed by atoms with Gasteiger partial charge in [0.1, 0.15) is 0 Å². The lowest BCUT2D eigenvalue weighted by Crippen LogP contribution is -2.38. The van der Waals surface area contributed by atoms with Crippen LogP contribution < -0.4 is 5.69 Å². The summed E-state index contributed by atoms with van der Waals surface area (Å²) in [5, 5.41) is 0. The second kappa shape index (κ2) is 5.16. The quantitative estimate of drug-likeness (QED) is 0.944. The van der Waals surface area contributed by atoms with Gasteiger partial charge in [0.05, 0.1) is 11.0 Å². The summed E-state index contributed by atoms with van der Waals surface area (Å²) in [4.78, 5) is 17.2. The van der Waals surface area contributed by atoms with Gasteiger partial charge in [0.15, 0.2) is 0 Å². The minimum Gasteiger partial charge on any atom is -0.306 e. The van der Waals surface area contributed by atoms with E-state index in [1.165, 1.54) is 0 Å². The average molecular weight is 321 g/mol. The second-order valence-corrected chi connectivity index (χ2v) is 6.92. The molecule has 1 saturated carbocycles. The van der Waals surface area contributed by atoms with Gasteiger partial charge in [0, 0.05) is 37.5 Å². The van der Waals surface area contributed by atoms with E-state index in [4.69, 9.17) is 0 Å². The van der Waals surface area contributed by atoms with Crippen LogP contribution in [0.3, 0.4) is 0 Å². The predicted molar refractivity (Wildman–Crippen MR) is 84.9 cm³/mol. The smallest absolute Gasteiger partial charge is 0.306 e. The van der Waals surface area contributed by atoms with Crippen LogP contribution in [0.5, 0.6) is 0 Å². The Kier molecular flexibility index (Phi) is 3.34. The van der Waals surface area contributed by atoms with Crippen LogP contribution in [-0.2, 0) is 0 Å². The third-order valence-corrected chi connectivity index (χ3v) is 5.60. The van der Waals surface area contributed by atoms with E-state index < -0.39 is 17.8 Å². The zero-order valence-electron chi connectivity index (χ0n) is 13.1. The Hall–Kier alpha value is -1.69. The lowest BCUT2D eigenvalue weighted by molar-refractivity contribution is 0.0735. The SMILES string of the molecule is C[C@H]1[C@H](CN2CCC(n3c(=O)[nH]c4ccccc43)CC2)C1(F)F. The van der Waals surface area contributed by atoms with Gasteiger partial charge in [-0.25, -0.2) is 13.6 Å². The highest BCUT2D eigenvalue weighted by molar-refractivity contribution is 5.75. The fourth-order valence-corrected chi connectivity index (χ4v) is 3.92. The Balaban J connectivity index is 1.45. The molecule has 1 saturated heterocycles. The van der Waals surface area contributed by atoms with E-state index in [0.717, 1.165) is 37.0 Å². The number of nitrogens with one attached hydrogen (secondary N) is 1. The van der Waals surface area contributed by atoms with Crippen LogP contribution in [0, 0.1) is 11.8 Å². The number of hydrogen-bond acceptors (Lipinski definition) is 2. The van der Waals surface area contributed by atoms with Crippen molar-refractivity contribution in [1.82, 2.24) is 14.5 Å². The largest absolute Gasteiger partial charge is 0.326 e. The summed E-state index contributed by atoms with van der Waals surface area (Å²) in [6.07, 6.45) is 1.66. The van der Waals surface area contributed by atoms with Crippen LogP contribution in [0.4, 0.5) is 8.78 Å². The molecule has 1 aliphatic heterocycles. The summed E-state index contributed by atoms with van der Waals surface area (Å²) in [6, 6.07) is 7.83. The number of fused-ring (bicyclic) bond motifs is 1. The average Bonchev–Trinajstić information content (AvgIpc) is 2.87. The van der Waals surface area contributed by atoms with Crippen LogP contribution in [0.25, 0.3) is 11.0 Å². The molecule has 6 heteroatoms. The van der Waals surface area contributed by atoms with E-state index in [-0.39, 0.29) is 11.7 Å². The molecule has 0 unspecified atom stereocenters. The molecular weight excluding hydrogens is 300 g/mol. The molecule has 0 bridgehead atoms. The maximum atomic E-state index is 13.4. The molecule has 2 atom stereocenters. The predicted octanol–water partition coefficient (Wildman–Crippen LogP) is 2.87. The van der Waals surface area contributed by atoms with E-state index in [9.17, 15) is 13.6 Å². The zero-order chi connectivity index (χ0) is 16.2. The number of piperidine rings is 1. The summed E-state index contributed by atoms with van der Waals surface area (Å²) in [7, 11) is 0.